The number of carbonyl (C=O) groups excluding carboxylic acids is 2. The summed E-state index contributed by atoms with van der Waals surface area (Å²) in [4.78, 5) is 35.6. The Morgan fingerprint density at radius 3 is 2.14 bits per heavy atom. The number of nitro groups is 1. The molecule has 8 nitrogen and oxygen atoms in total. The molecule has 0 bridgehead atoms. The summed E-state index contributed by atoms with van der Waals surface area (Å²) in [6.07, 6.45) is 0.751. The molecule has 1 atom stereocenters. The van der Waals surface area contributed by atoms with Gasteiger partial charge < -0.3 is 14.8 Å². The number of fused-ring (bicyclic) bond motifs is 3. The van der Waals surface area contributed by atoms with Crippen molar-refractivity contribution in [2.24, 2.45) is 0 Å². The minimum atomic E-state index is -1.04. The van der Waals surface area contributed by atoms with E-state index in [1.807, 2.05) is 48.5 Å². The van der Waals surface area contributed by atoms with Gasteiger partial charge in [-0.05, 0) is 27.8 Å². The zero-order valence-corrected chi connectivity index (χ0v) is 18.9. The van der Waals surface area contributed by atoms with Crippen molar-refractivity contribution in [3.05, 3.63) is 112 Å². The van der Waals surface area contributed by atoms with Gasteiger partial charge in [-0.2, -0.15) is 0 Å². The number of alkyl carbamates (subject to hydrolysis) is 1. The molecule has 0 aromatic heterocycles. The first-order valence-electron chi connectivity index (χ1n) is 11.1. The van der Waals surface area contributed by atoms with Crippen molar-refractivity contribution in [2.45, 2.75) is 18.4 Å². The van der Waals surface area contributed by atoms with E-state index in [4.69, 9.17) is 9.47 Å². The Balaban J connectivity index is 1.44. The first-order valence-corrected chi connectivity index (χ1v) is 11.1. The molecular weight excluding hydrogens is 448 g/mol. The lowest BCUT2D eigenvalue weighted by molar-refractivity contribution is -0.384. The molecule has 0 saturated heterocycles. The van der Waals surface area contributed by atoms with Gasteiger partial charge in [0.1, 0.15) is 19.3 Å². The number of hydrogen-bond acceptors (Lipinski definition) is 6. The minimum Gasteiger partial charge on any atom is -0.460 e. The first-order chi connectivity index (χ1) is 17.0. The number of hydrogen-bond donors (Lipinski definition) is 1. The summed E-state index contributed by atoms with van der Waals surface area (Å²) in [6, 6.07) is 20.7. The largest absolute Gasteiger partial charge is 0.460 e. The Hall–Kier alpha value is -4.46. The van der Waals surface area contributed by atoms with Crippen LogP contribution in [0.2, 0.25) is 0 Å². The number of benzene rings is 3. The topological polar surface area (TPSA) is 108 Å². The second kappa shape index (κ2) is 10.6. The predicted molar refractivity (Wildman–Crippen MR) is 130 cm³/mol. The van der Waals surface area contributed by atoms with Gasteiger partial charge in [-0.15, -0.1) is 0 Å². The van der Waals surface area contributed by atoms with Crippen LogP contribution in [0.25, 0.3) is 11.1 Å². The number of nitrogens with zero attached hydrogens (tertiary/aromatic N) is 1. The lowest BCUT2D eigenvalue weighted by atomic mass is 9.98. The fourth-order valence-corrected chi connectivity index (χ4v) is 4.21. The summed E-state index contributed by atoms with van der Waals surface area (Å²) in [5.74, 6) is -0.772. The van der Waals surface area contributed by atoms with Crippen LogP contribution in [0.5, 0.6) is 0 Å². The zero-order chi connectivity index (χ0) is 24.8. The summed E-state index contributed by atoms with van der Waals surface area (Å²) in [5, 5.41) is 13.5. The van der Waals surface area contributed by atoms with Crippen LogP contribution in [0.3, 0.4) is 0 Å². The highest BCUT2D eigenvalue weighted by atomic mass is 16.6. The van der Waals surface area contributed by atoms with Crippen molar-refractivity contribution >= 4 is 17.7 Å². The van der Waals surface area contributed by atoms with Crippen LogP contribution in [-0.4, -0.2) is 36.2 Å². The van der Waals surface area contributed by atoms with Crippen molar-refractivity contribution < 1.29 is 24.0 Å². The Kier molecular flexibility index (Phi) is 7.21. The molecule has 3 aromatic carbocycles. The standard InChI is InChI=1S/C27H24N2O6/c1-2-15-34-26(30)25(16-18-11-13-19(14-12-18)29(32)33)28-27(31)35-17-24-22-9-5-3-7-20(22)21-8-4-6-10-23(21)24/h2-14,24-25H,1,15-17H2,(H,28,31)/t25-/m0/s1. The molecule has 8 heteroatoms. The van der Waals surface area contributed by atoms with Crippen LogP contribution >= 0.6 is 0 Å². The fourth-order valence-electron chi connectivity index (χ4n) is 4.21. The van der Waals surface area contributed by atoms with Crippen LogP contribution in [0.4, 0.5) is 10.5 Å². The van der Waals surface area contributed by atoms with Crippen LogP contribution in [0.1, 0.15) is 22.6 Å². The molecule has 0 saturated carbocycles. The van der Waals surface area contributed by atoms with Crippen molar-refractivity contribution in [1.29, 1.82) is 0 Å². The molecule has 178 valence electrons. The minimum absolute atomic E-state index is 0.0119. The highest BCUT2D eigenvalue weighted by Gasteiger charge is 2.30. The van der Waals surface area contributed by atoms with Crippen LogP contribution < -0.4 is 5.32 Å². The Morgan fingerprint density at radius 2 is 1.57 bits per heavy atom. The number of non-ortho nitro benzene ring substituents is 1. The van der Waals surface area contributed by atoms with E-state index < -0.39 is 23.0 Å². The van der Waals surface area contributed by atoms with Gasteiger partial charge in [-0.25, -0.2) is 9.59 Å². The highest BCUT2D eigenvalue weighted by molar-refractivity contribution is 5.82. The van der Waals surface area contributed by atoms with E-state index in [0.29, 0.717) is 5.56 Å². The van der Waals surface area contributed by atoms with E-state index in [-0.39, 0.29) is 31.2 Å². The van der Waals surface area contributed by atoms with Gasteiger partial charge >= 0.3 is 12.1 Å². The first kappa shape index (κ1) is 23.7. The average molecular weight is 472 g/mol. The molecule has 0 aliphatic heterocycles. The van der Waals surface area contributed by atoms with Crippen LogP contribution in [-0.2, 0) is 20.7 Å². The lowest BCUT2D eigenvalue weighted by Gasteiger charge is -2.19. The van der Waals surface area contributed by atoms with Crippen molar-refractivity contribution in [3.63, 3.8) is 0 Å². The normalized spacial score (nSPS) is 12.7. The molecule has 1 amide bonds. The van der Waals surface area contributed by atoms with Gasteiger partial charge in [0.2, 0.25) is 0 Å². The predicted octanol–water partition coefficient (Wildman–Crippen LogP) is 4.77. The maximum absolute atomic E-state index is 12.7. The van der Waals surface area contributed by atoms with E-state index in [0.717, 1.165) is 22.3 Å². The molecule has 4 rings (SSSR count). The summed E-state index contributed by atoms with van der Waals surface area (Å²) in [6.45, 7) is 3.61. The SMILES string of the molecule is C=CCOC(=O)[C@H](Cc1ccc([N+](=O)[O-])cc1)NC(=O)OCC1c2ccccc2-c2ccccc21. The molecule has 0 heterocycles. The maximum atomic E-state index is 12.7. The van der Waals surface area contributed by atoms with Gasteiger partial charge in [0, 0.05) is 24.5 Å². The third-order valence-corrected chi connectivity index (χ3v) is 5.85. The number of ether oxygens (including phenoxy) is 2. The Labute approximate surface area is 202 Å². The third kappa shape index (κ3) is 5.38. The summed E-state index contributed by atoms with van der Waals surface area (Å²) < 4.78 is 10.7. The molecule has 1 aliphatic carbocycles. The molecule has 0 radical (unpaired) electrons. The zero-order valence-electron chi connectivity index (χ0n) is 18.9. The van der Waals surface area contributed by atoms with E-state index >= 15 is 0 Å². The molecule has 0 fully saturated rings. The summed E-state index contributed by atoms with van der Waals surface area (Å²) in [7, 11) is 0. The van der Waals surface area contributed by atoms with Crippen molar-refractivity contribution in [3.8, 4) is 11.1 Å². The molecule has 1 aliphatic rings. The molecule has 3 aromatic rings. The van der Waals surface area contributed by atoms with Crippen molar-refractivity contribution in [2.75, 3.05) is 13.2 Å². The third-order valence-electron chi connectivity index (χ3n) is 5.85. The maximum Gasteiger partial charge on any atom is 0.407 e. The van der Waals surface area contributed by atoms with Crippen LogP contribution in [0.15, 0.2) is 85.5 Å². The summed E-state index contributed by atoms with van der Waals surface area (Å²) in [5.41, 5.74) is 4.94. The second-order valence-electron chi connectivity index (χ2n) is 8.07. The quantitative estimate of drug-likeness (QED) is 0.208. The van der Waals surface area contributed by atoms with E-state index in [1.54, 1.807) is 0 Å². The number of esters is 1. The van der Waals surface area contributed by atoms with Gasteiger partial charge in [-0.1, -0.05) is 73.3 Å². The molecule has 1 N–H and O–H groups in total. The number of nitrogens with one attached hydrogen (secondary N) is 1. The fraction of sp³-hybridized carbons (Fsp3) is 0.185. The van der Waals surface area contributed by atoms with E-state index in [2.05, 4.69) is 11.9 Å². The summed E-state index contributed by atoms with van der Waals surface area (Å²) >= 11 is 0. The molecular formula is C27H24N2O6. The van der Waals surface area contributed by atoms with Gasteiger partial charge in [-0.3, -0.25) is 10.1 Å². The second-order valence-corrected chi connectivity index (χ2v) is 8.07. The van der Waals surface area contributed by atoms with Gasteiger partial charge in [0.05, 0.1) is 4.92 Å². The van der Waals surface area contributed by atoms with Crippen LogP contribution in [0, 0.1) is 10.1 Å². The Bertz CT molecular complexity index is 1210. The monoisotopic (exact) mass is 472 g/mol. The molecule has 0 unspecified atom stereocenters. The molecule has 35 heavy (non-hydrogen) atoms. The van der Waals surface area contributed by atoms with Gasteiger partial charge in [0.25, 0.3) is 5.69 Å². The number of carbonyl (C=O) groups is 2. The Morgan fingerprint density at radius 1 is 0.971 bits per heavy atom. The number of nitro benzene ring substituents is 1. The van der Waals surface area contributed by atoms with Gasteiger partial charge in [0.15, 0.2) is 0 Å². The number of amides is 1. The smallest absolute Gasteiger partial charge is 0.407 e. The molecule has 0 spiro atoms. The van der Waals surface area contributed by atoms with E-state index in [9.17, 15) is 19.7 Å². The van der Waals surface area contributed by atoms with Crippen molar-refractivity contribution in [1.82, 2.24) is 5.32 Å². The average Bonchev–Trinajstić information content (AvgIpc) is 3.19. The lowest BCUT2D eigenvalue weighted by Crippen LogP contribution is -2.44. The highest BCUT2D eigenvalue weighted by Crippen LogP contribution is 2.44. The van der Waals surface area contributed by atoms with E-state index in [1.165, 1.54) is 30.3 Å². The number of rotatable bonds is 9.